The van der Waals surface area contributed by atoms with Crippen molar-refractivity contribution >= 4 is 22.8 Å². The third-order valence-electron chi connectivity index (χ3n) is 7.12. The summed E-state index contributed by atoms with van der Waals surface area (Å²) in [6.45, 7) is 4.18. The molecule has 0 saturated heterocycles. The van der Waals surface area contributed by atoms with Crippen LogP contribution in [0, 0.1) is 0 Å². The number of benzene rings is 3. The molecule has 2 amide bonds. The standard InChI is InChI=1S/C30H33N5O3/c1-2-34-17-9-4-10-18-35(29(36)23-15-16-26-27(20-23)32-33-31-26)24(19-22-11-5-3-6-12-22)21-38-28-14-8-7-13-25(28)30(34)37/h3,5-8,11-16,20,24H,2,4,9-10,17-19,21H2,1H3,(H,31,32,33)/t24-/m0/s1. The molecular weight excluding hydrogens is 478 g/mol. The minimum absolute atomic E-state index is 0.0178. The highest BCUT2D eigenvalue weighted by atomic mass is 16.5. The molecule has 4 aromatic rings. The van der Waals surface area contributed by atoms with Crippen LogP contribution in [0.25, 0.3) is 11.0 Å². The Morgan fingerprint density at radius 2 is 1.71 bits per heavy atom. The number of ether oxygens (including phenoxy) is 1. The van der Waals surface area contributed by atoms with Gasteiger partial charge in [-0.2, -0.15) is 15.4 Å². The molecule has 0 aliphatic carbocycles. The van der Waals surface area contributed by atoms with Crippen molar-refractivity contribution in [2.75, 3.05) is 26.2 Å². The van der Waals surface area contributed by atoms with Crippen molar-refractivity contribution in [1.82, 2.24) is 25.2 Å². The predicted molar refractivity (Wildman–Crippen MR) is 146 cm³/mol. The van der Waals surface area contributed by atoms with Crippen LogP contribution in [-0.2, 0) is 6.42 Å². The summed E-state index contributed by atoms with van der Waals surface area (Å²) in [7, 11) is 0. The summed E-state index contributed by atoms with van der Waals surface area (Å²) in [5, 5.41) is 10.9. The van der Waals surface area contributed by atoms with Crippen LogP contribution in [0.2, 0.25) is 0 Å². The van der Waals surface area contributed by atoms with Crippen molar-refractivity contribution in [3.05, 3.63) is 89.5 Å². The lowest BCUT2D eigenvalue weighted by Crippen LogP contribution is -2.45. The molecule has 1 aliphatic rings. The van der Waals surface area contributed by atoms with Crippen molar-refractivity contribution in [2.45, 2.75) is 38.6 Å². The number of carbonyl (C=O) groups excluding carboxylic acids is 2. The van der Waals surface area contributed by atoms with Crippen LogP contribution in [0.1, 0.15) is 52.5 Å². The van der Waals surface area contributed by atoms with E-state index in [-0.39, 0.29) is 24.5 Å². The van der Waals surface area contributed by atoms with Gasteiger partial charge in [-0.25, -0.2) is 0 Å². The largest absolute Gasteiger partial charge is 0.491 e. The number of nitrogens with one attached hydrogen (secondary N) is 1. The van der Waals surface area contributed by atoms with Gasteiger partial charge in [-0.3, -0.25) is 9.59 Å². The molecule has 8 nitrogen and oxygen atoms in total. The number of hydrogen-bond donors (Lipinski definition) is 1. The number of aromatic amines is 1. The lowest BCUT2D eigenvalue weighted by molar-refractivity contribution is 0.0605. The number of amides is 2. The number of hydrogen-bond acceptors (Lipinski definition) is 5. The number of H-pyrrole nitrogens is 1. The fourth-order valence-corrected chi connectivity index (χ4v) is 5.02. The van der Waals surface area contributed by atoms with Gasteiger partial charge in [0.25, 0.3) is 11.8 Å². The lowest BCUT2D eigenvalue weighted by atomic mass is 10.0. The van der Waals surface area contributed by atoms with Gasteiger partial charge in [0, 0.05) is 25.2 Å². The van der Waals surface area contributed by atoms with Crippen LogP contribution in [-0.4, -0.2) is 69.3 Å². The van der Waals surface area contributed by atoms with E-state index < -0.39 is 0 Å². The maximum Gasteiger partial charge on any atom is 0.257 e. The number of fused-ring (bicyclic) bond motifs is 2. The molecule has 8 heteroatoms. The van der Waals surface area contributed by atoms with E-state index in [0.717, 1.165) is 30.3 Å². The smallest absolute Gasteiger partial charge is 0.257 e. The molecule has 2 heterocycles. The minimum Gasteiger partial charge on any atom is -0.491 e. The quantitative estimate of drug-likeness (QED) is 0.428. The summed E-state index contributed by atoms with van der Waals surface area (Å²) in [4.78, 5) is 31.2. The zero-order valence-electron chi connectivity index (χ0n) is 21.7. The fourth-order valence-electron chi connectivity index (χ4n) is 5.02. The Labute approximate surface area is 222 Å². The predicted octanol–water partition coefficient (Wildman–Crippen LogP) is 4.74. The minimum atomic E-state index is -0.232. The summed E-state index contributed by atoms with van der Waals surface area (Å²) < 4.78 is 6.35. The number of nitrogens with zero attached hydrogens (tertiary/aromatic N) is 4. The molecule has 1 aromatic heterocycles. The molecule has 3 aromatic carbocycles. The third kappa shape index (κ3) is 5.69. The molecule has 1 aliphatic heterocycles. The van der Waals surface area contributed by atoms with Crippen LogP contribution in [0.5, 0.6) is 5.75 Å². The number of para-hydroxylation sites is 1. The molecule has 0 bridgehead atoms. The van der Waals surface area contributed by atoms with E-state index in [0.29, 0.717) is 48.4 Å². The molecule has 0 fully saturated rings. The van der Waals surface area contributed by atoms with Gasteiger partial charge in [-0.1, -0.05) is 42.5 Å². The molecule has 0 unspecified atom stereocenters. The van der Waals surface area contributed by atoms with E-state index in [2.05, 4.69) is 27.5 Å². The molecule has 1 N–H and O–H groups in total. The lowest BCUT2D eigenvalue weighted by Gasteiger charge is -2.32. The van der Waals surface area contributed by atoms with E-state index in [1.165, 1.54) is 0 Å². The van der Waals surface area contributed by atoms with Crippen molar-refractivity contribution in [2.24, 2.45) is 0 Å². The van der Waals surface area contributed by atoms with Crippen LogP contribution in [0.15, 0.2) is 72.8 Å². The van der Waals surface area contributed by atoms with Crippen molar-refractivity contribution in [3.8, 4) is 5.75 Å². The maximum absolute atomic E-state index is 14.0. The van der Waals surface area contributed by atoms with Gasteiger partial charge in [-0.05, 0) is 68.5 Å². The first-order valence-corrected chi connectivity index (χ1v) is 13.3. The second kappa shape index (κ2) is 11.9. The first-order chi connectivity index (χ1) is 18.6. The van der Waals surface area contributed by atoms with E-state index in [1.807, 2.05) is 71.3 Å². The second-order valence-electron chi connectivity index (χ2n) is 9.62. The molecule has 196 valence electrons. The monoisotopic (exact) mass is 511 g/mol. The van der Waals surface area contributed by atoms with Gasteiger partial charge in [0.2, 0.25) is 0 Å². The van der Waals surface area contributed by atoms with Crippen molar-refractivity contribution in [1.29, 1.82) is 0 Å². The number of rotatable bonds is 4. The Hall–Kier alpha value is -4.20. The van der Waals surface area contributed by atoms with E-state index in [4.69, 9.17) is 4.74 Å². The topological polar surface area (TPSA) is 91.4 Å². The molecule has 1 atom stereocenters. The summed E-state index contributed by atoms with van der Waals surface area (Å²) >= 11 is 0. The Kier molecular flexibility index (Phi) is 7.97. The summed E-state index contributed by atoms with van der Waals surface area (Å²) in [5.74, 6) is 0.467. The molecule has 0 saturated carbocycles. The first kappa shape index (κ1) is 25.4. The number of aromatic nitrogens is 3. The molecule has 38 heavy (non-hydrogen) atoms. The maximum atomic E-state index is 14.0. The Balaban J connectivity index is 1.50. The van der Waals surface area contributed by atoms with Crippen molar-refractivity contribution < 1.29 is 14.3 Å². The van der Waals surface area contributed by atoms with Gasteiger partial charge in [0.05, 0.1) is 11.6 Å². The van der Waals surface area contributed by atoms with Crippen LogP contribution < -0.4 is 4.74 Å². The molecule has 0 spiro atoms. The summed E-state index contributed by atoms with van der Waals surface area (Å²) in [6, 6.07) is 22.7. The fraction of sp³-hybridized carbons (Fsp3) is 0.333. The third-order valence-corrected chi connectivity index (χ3v) is 7.12. The highest BCUT2D eigenvalue weighted by Crippen LogP contribution is 2.24. The van der Waals surface area contributed by atoms with Crippen LogP contribution in [0.3, 0.4) is 0 Å². The van der Waals surface area contributed by atoms with Crippen LogP contribution >= 0.6 is 0 Å². The number of carbonyl (C=O) groups is 2. The molecular formula is C30H33N5O3. The highest BCUT2D eigenvalue weighted by molar-refractivity contribution is 5.98. The summed E-state index contributed by atoms with van der Waals surface area (Å²) in [5.41, 5.74) is 3.63. The van der Waals surface area contributed by atoms with Crippen LogP contribution in [0.4, 0.5) is 0 Å². The normalized spacial score (nSPS) is 17.2. The SMILES string of the molecule is CCN1CCCCCN(C(=O)c2ccc3n[nH]nc3c2)[C@@H](Cc2ccccc2)COc2ccccc2C1=O. The zero-order chi connectivity index (χ0) is 26.3. The average molecular weight is 512 g/mol. The Morgan fingerprint density at radius 3 is 2.55 bits per heavy atom. The van der Waals surface area contributed by atoms with Crippen molar-refractivity contribution in [3.63, 3.8) is 0 Å². The zero-order valence-corrected chi connectivity index (χ0v) is 21.7. The Morgan fingerprint density at radius 1 is 0.947 bits per heavy atom. The second-order valence-corrected chi connectivity index (χ2v) is 9.62. The molecule has 5 rings (SSSR count). The summed E-state index contributed by atoms with van der Waals surface area (Å²) in [6.07, 6.45) is 3.26. The van der Waals surface area contributed by atoms with E-state index >= 15 is 0 Å². The van der Waals surface area contributed by atoms with Gasteiger partial charge < -0.3 is 14.5 Å². The van der Waals surface area contributed by atoms with E-state index in [9.17, 15) is 9.59 Å². The first-order valence-electron chi connectivity index (χ1n) is 13.3. The van der Waals surface area contributed by atoms with Gasteiger partial charge in [-0.15, -0.1) is 0 Å². The average Bonchev–Trinajstić information content (AvgIpc) is 3.43. The van der Waals surface area contributed by atoms with Gasteiger partial charge >= 0.3 is 0 Å². The molecule has 0 radical (unpaired) electrons. The van der Waals surface area contributed by atoms with Gasteiger partial charge in [0.1, 0.15) is 23.4 Å². The van der Waals surface area contributed by atoms with Gasteiger partial charge in [0.15, 0.2) is 0 Å². The Bertz CT molecular complexity index is 1390. The highest BCUT2D eigenvalue weighted by Gasteiger charge is 2.28. The van der Waals surface area contributed by atoms with E-state index in [1.54, 1.807) is 6.07 Å².